The van der Waals surface area contributed by atoms with Crippen LogP contribution in [0.25, 0.3) is 0 Å². The van der Waals surface area contributed by atoms with Gasteiger partial charge in [-0.3, -0.25) is 15.0 Å². The van der Waals surface area contributed by atoms with Gasteiger partial charge in [-0.2, -0.15) is 0 Å². The molecule has 1 saturated heterocycles. The van der Waals surface area contributed by atoms with E-state index in [0.717, 1.165) is 32.2 Å². The Balaban J connectivity index is 1.81. The molecule has 1 aliphatic rings. The number of hydrogen-bond donors (Lipinski definition) is 2. The van der Waals surface area contributed by atoms with Crippen molar-refractivity contribution in [2.75, 3.05) is 13.1 Å². The maximum Gasteiger partial charge on any atom is 0.318 e. The molecular weight excluding hydrogens is 254 g/mol. The van der Waals surface area contributed by atoms with Crippen LogP contribution in [0.15, 0.2) is 30.3 Å². The number of likely N-dealkylation sites (tertiary alicyclic amines) is 1. The van der Waals surface area contributed by atoms with Gasteiger partial charge in [-0.25, -0.2) is 4.79 Å². The number of nitrogens with two attached hydrogens (primary N) is 1. The smallest absolute Gasteiger partial charge is 0.318 e. The first-order valence-corrected chi connectivity index (χ1v) is 7.02. The molecule has 0 saturated carbocycles. The fourth-order valence-corrected chi connectivity index (χ4v) is 2.77. The molecule has 0 bridgehead atoms. The predicted octanol–water partition coefficient (Wildman–Crippen LogP) is 1.28. The van der Waals surface area contributed by atoms with Crippen molar-refractivity contribution in [2.24, 2.45) is 5.73 Å². The first-order valence-electron chi connectivity index (χ1n) is 7.02. The summed E-state index contributed by atoms with van der Waals surface area (Å²) in [7, 11) is 0. The van der Waals surface area contributed by atoms with Gasteiger partial charge in [-0.05, 0) is 37.8 Å². The lowest BCUT2D eigenvalue weighted by atomic mass is 10.0. The van der Waals surface area contributed by atoms with E-state index in [1.54, 1.807) is 0 Å². The normalized spacial score (nSPS) is 18.9. The molecule has 5 nitrogen and oxygen atoms in total. The van der Waals surface area contributed by atoms with Crippen molar-refractivity contribution in [3.05, 3.63) is 35.9 Å². The highest BCUT2D eigenvalue weighted by molar-refractivity contribution is 5.94. The summed E-state index contributed by atoms with van der Waals surface area (Å²) in [6.45, 7) is 1.16. The maximum absolute atomic E-state index is 11.6. The Morgan fingerprint density at radius 1 is 1.30 bits per heavy atom. The number of nitrogens with one attached hydrogen (secondary N) is 1. The summed E-state index contributed by atoms with van der Waals surface area (Å²) in [4.78, 5) is 24.4. The average molecular weight is 275 g/mol. The van der Waals surface area contributed by atoms with Gasteiger partial charge in [0.15, 0.2) is 0 Å². The molecule has 0 spiro atoms. The minimum absolute atomic E-state index is 0.252. The number of rotatable bonds is 5. The zero-order valence-corrected chi connectivity index (χ0v) is 11.5. The quantitative estimate of drug-likeness (QED) is 0.850. The number of benzene rings is 1. The number of carbonyl (C=O) groups is 2. The molecule has 2 rings (SSSR count). The third-order valence-electron chi connectivity index (χ3n) is 3.72. The molecule has 5 heteroatoms. The van der Waals surface area contributed by atoms with Crippen molar-refractivity contribution in [1.82, 2.24) is 10.2 Å². The van der Waals surface area contributed by atoms with E-state index in [4.69, 9.17) is 5.73 Å². The van der Waals surface area contributed by atoms with Crippen molar-refractivity contribution >= 4 is 11.9 Å². The summed E-state index contributed by atoms with van der Waals surface area (Å²) in [5.74, 6) is -0.316. The largest absolute Gasteiger partial charge is 0.351 e. The van der Waals surface area contributed by atoms with Crippen LogP contribution in [-0.4, -0.2) is 36.0 Å². The highest BCUT2D eigenvalue weighted by Gasteiger charge is 2.26. The third kappa shape index (κ3) is 4.35. The number of hydrogen-bond acceptors (Lipinski definition) is 3. The fourth-order valence-electron chi connectivity index (χ4n) is 2.77. The van der Waals surface area contributed by atoms with Crippen molar-refractivity contribution in [1.29, 1.82) is 0 Å². The summed E-state index contributed by atoms with van der Waals surface area (Å²) in [6.07, 6.45) is 4.26. The second kappa shape index (κ2) is 7.05. The van der Waals surface area contributed by atoms with E-state index >= 15 is 0 Å². The van der Waals surface area contributed by atoms with Crippen LogP contribution in [-0.2, 0) is 11.2 Å². The van der Waals surface area contributed by atoms with E-state index < -0.39 is 6.03 Å². The van der Waals surface area contributed by atoms with Crippen LogP contribution in [0, 0.1) is 0 Å². The Bertz CT molecular complexity index is 461. The van der Waals surface area contributed by atoms with Gasteiger partial charge in [0.05, 0.1) is 6.54 Å². The summed E-state index contributed by atoms with van der Waals surface area (Å²) in [5.41, 5.74) is 6.27. The summed E-state index contributed by atoms with van der Waals surface area (Å²) in [5, 5.41) is 2.12. The number of carbonyl (C=O) groups excluding carboxylic acids is 2. The van der Waals surface area contributed by atoms with Crippen LogP contribution in [0.5, 0.6) is 0 Å². The molecule has 1 atom stereocenters. The van der Waals surface area contributed by atoms with Gasteiger partial charge in [-0.15, -0.1) is 0 Å². The summed E-state index contributed by atoms with van der Waals surface area (Å²) in [6, 6.07) is 9.98. The zero-order valence-electron chi connectivity index (χ0n) is 11.5. The van der Waals surface area contributed by atoms with Crippen LogP contribution in [0.1, 0.15) is 24.8 Å². The van der Waals surface area contributed by atoms with Gasteiger partial charge in [-0.1, -0.05) is 30.3 Å². The minimum atomic E-state index is -0.782. The van der Waals surface area contributed by atoms with E-state index in [1.807, 2.05) is 18.2 Å². The standard InChI is InChI=1S/C15H21N3O2/c16-15(20)17-14(19)11-18-10-4-7-13(18)9-8-12-5-2-1-3-6-12/h1-3,5-6,13H,4,7-11H2,(H3,16,17,19,20). The van der Waals surface area contributed by atoms with Crippen molar-refractivity contribution in [3.8, 4) is 0 Å². The molecule has 0 radical (unpaired) electrons. The molecule has 3 amide bonds. The van der Waals surface area contributed by atoms with E-state index in [1.165, 1.54) is 5.56 Å². The zero-order chi connectivity index (χ0) is 14.4. The van der Waals surface area contributed by atoms with Crippen molar-refractivity contribution in [3.63, 3.8) is 0 Å². The highest BCUT2D eigenvalue weighted by atomic mass is 16.2. The van der Waals surface area contributed by atoms with E-state index in [9.17, 15) is 9.59 Å². The van der Waals surface area contributed by atoms with Gasteiger partial charge in [0.1, 0.15) is 0 Å². The number of amides is 3. The first kappa shape index (κ1) is 14.5. The monoisotopic (exact) mass is 275 g/mol. The lowest BCUT2D eigenvalue weighted by molar-refractivity contribution is -0.121. The first-order chi connectivity index (χ1) is 9.65. The molecule has 1 aromatic rings. The summed E-state index contributed by atoms with van der Waals surface area (Å²) < 4.78 is 0. The topological polar surface area (TPSA) is 75.4 Å². The van der Waals surface area contributed by atoms with E-state index in [0.29, 0.717) is 6.04 Å². The molecule has 1 fully saturated rings. The number of urea groups is 1. The number of nitrogens with zero attached hydrogens (tertiary/aromatic N) is 1. The molecule has 20 heavy (non-hydrogen) atoms. The van der Waals surface area contributed by atoms with Gasteiger partial charge in [0.2, 0.25) is 5.91 Å². The Kier molecular flexibility index (Phi) is 5.12. The SMILES string of the molecule is NC(=O)NC(=O)CN1CCCC1CCc1ccccc1. The van der Waals surface area contributed by atoms with Crippen LogP contribution in [0.2, 0.25) is 0 Å². The Morgan fingerprint density at radius 3 is 2.75 bits per heavy atom. The van der Waals surface area contributed by atoms with Crippen LogP contribution in [0.3, 0.4) is 0 Å². The second-order valence-electron chi connectivity index (χ2n) is 5.20. The lowest BCUT2D eigenvalue weighted by Crippen LogP contribution is -2.43. The van der Waals surface area contributed by atoms with Crippen LogP contribution >= 0.6 is 0 Å². The van der Waals surface area contributed by atoms with Crippen molar-refractivity contribution in [2.45, 2.75) is 31.7 Å². The van der Waals surface area contributed by atoms with Gasteiger partial charge >= 0.3 is 6.03 Å². The lowest BCUT2D eigenvalue weighted by Gasteiger charge is -2.23. The molecule has 108 valence electrons. The molecule has 3 N–H and O–H groups in total. The second-order valence-corrected chi connectivity index (χ2v) is 5.20. The van der Waals surface area contributed by atoms with Crippen LogP contribution in [0.4, 0.5) is 4.79 Å². The van der Waals surface area contributed by atoms with E-state index in [-0.39, 0.29) is 12.5 Å². The van der Waals surface area contributed by atoms with Gasteiger partial charge < -0.3 is 5.73 Å². The number of aryl methyl sites for hydroxylation is 1. The van der Waals surface area contributed by atoms with Gasteiger partial charge in [0, 0.05) is 6.04 Å². The van der Waals surface area contributed by atoms with Crippen LogP contribution < -0.4 is 11.1 Å². The Labute approximate surface area is 119 Å². The highest BCUT2D eigenvalue weighted by Crippen LogP contribution is 2.21. The maximum atomic E-state index is 11.6. The van der Waals surface area contributed by atoms with Gasteiger partial charge in [0.25, 0.3) is 0 Å². The predicted molar refractivity (Wildman–Crippen MR) is 77.1 cm³/mol. The minimum Gasteiger partial charge on any atom is -0.351 e. The molecule has 1 heterocycles. The summed E-state index contributed by atoms with van der Waals surface area (Å²) >= 11 is 0. The molecular formula is C15H21N3O2. The molecule has 0 aromatic heterocycles. The number of imide groups is 1. The number of primary amides is 1. The third-order valence-corrected chi connectivity index (χ3v) is 3.72. The Morgan fingerprint density at radius 2 is 2.05 bits per heavy atom. The van der Waals surface area contributed by atoms with Crippen molar-refractivity contribution < 1.29 is 9.59 Å². The average Bonchev–Trinajstić information content (AvgIpc) is 2.84. The molecule has 1 unspecified atom stereocenters. The Hall–Kier alpha value is -1.88. The molecule has 0 aliphatic carbocycles. The molecule has 1 aliphatic heterocycles. The van der Waals surface area contributed by atoms with E-state index in [2.05, 4.69) is 22.3 Å². The fraction of sp³-hybridized carbons (Fsp3) is 0.467. The molecule has 1 aromatic carbocycles.